The zero-order chi connectivity index (χ0) is 11.7. The van der Waals surface area contributed by atoms with E-state index in [4.69, 9.17) is 4.84 Å². The standard InChI is InChI=1S/C10H10N2O4/c1-7(13)11-5-9-4-10(12(14)15)3-2-8(9)6-16-11/h2-4H,5-6H2,1H3. The van der Waals surface area contributed by atoms with Crippen LogP contribution in [0.4, 0.5) is 5.69 Å². The van der Waals surface area contributed by atoms with Crippen LogP contribution in [-0.4, -0.2) is 15.9 Å². The van der Waals surface area contributed by atoms with Crippen LogP contribution >= 0.6 is 0 Å². The minimum Gasteiger partial charge on any atom is -0.273 e. The average Bonchev–Trinajstić information content (AvgIpc) is 2.27. The fourth-order valence-electron chi connectivity index (χ4n) is 1.56. The Morgan fingerprint density at radius 2 is 2.25 bits per heavy atom. The summed E-state index contributed by atoms with van der Waals surface area (Å²) < 4.78 is 0. The maximum absolute atomic E-state index is 11.1. The lowest BCUT2D eigenvalue weighted by Crippen LogP contribution is -2.32. The minimum atomic E-state index is -0.451. The fourth-order valence-corrected chi connectivity index (χ4v) is 1.56. The van der Waals surface area contributed by atoms with Gasteiger partial charge >= 0.3 is 0 Å². The molecule has 2 rings (SSSR count). The largest absolute Gasteiger partial charge is 0.273 e. The SMILES string of the molecule is CC(=O)N1Cc2cc([N+](=O)[O-])ccc2CO1. The van der Waals surface area contributed by atoms with Gasteiger partial charge in [0, 0.05) is 19.1 Å². The first-order chi connectivity index (χ1) is 7.58. The molecule has 0 fully saturated rings. The number of amides is 1. The molecule has 0 unspecified atom stereocenters. The summed E-state index contributed by atoms with van der Waals surface area (Å²) in [6, 6.07) is 4.57. The van der Waals surface area contributed by atoms with Crippen molar-refractivity contribution in [3.05, 3.63) is 39.4 Å². The number of carbonyl (C=O) groups is 1. The van der Waals surface area contributed by atoms with Crippen LogP contribution in [0.2, 0.25) is 0 Å². The Hall–Kier alpha value is -1.95. The highest BCUT2D eigenvalue weighted by atomic mass is 16.7. The van der Waals surface area contributed by atoms with Gasteiger partial charge in [-0.05, 0) is 17.2 Å². The Morgan fingerprint density at radius 3 is 2.88 bits per heavy atom. The third-order valence-electron chi connectivity index (χ3n) is 2.44. The number of hydrogen-bond donors (Lipinski definition) is 0. The van der Waals surface area contributed by atoms with Crippen molar-refractivity contribution in [1.82, 2.24) is 5.06 Å². The first-order valence-corrected chi connectivity index (χ1v) is 4.75. The number of fused-ring (bicyclic) bond motifs is 1. The van der Waals surface area contributed by atoms with Crippen molar-refractivity contribution >= 4 is 11.6 Å². The molecule has 1 aliphatic rings. The Bertz CT molecular complexity index is 458. The van der Waals surface area contributed by atoms with E-state index in [9.17, 15) is 14.9 Å². The Morgan fingerprint density at radius 1 is 1.50 bits per heavy atom. The zero-order valence-corrected chi connectivity index (χ0v) is 8.67. The Kier molecular flexibility index (Phi) is 2.57. The predicted molar refractivity (Wildman–Crippen MR) is 54.1 cm³/mol. The molecule has 0 radical (unpaired) electrons. The molecule has 0 atom stereocenters. The molecule has 0 aliphatic carbocycles. The van der Waals surface area contributed by atoms with E-state index in [0.717, 1.165) is 11.1 Å². The third-order valence-corrected chi connectivity index (χ3v) is 2.44. The topological polar surface area (TPSA) is 72.7 Å². The molecule has 1 aromatic carbocycles. The molecule has 6 heteroatoms. The summed E-state index contributed by atoms with van der Waals surface area (Å²) in [5, 5.41) is 11.8. The maximum atomic E-state index is 11.1. The van der Waals surface area contributed by atoms with Crippen molar-refractivity contribution in [1.29, 1.82) is 0 Å². The second kappa shape index (κ2) is 3.90. The van der Waals surface area contributed by atoms with E-state index in [1.807, 2.05) is 0 Å². The molecular formula is C10H10N2O4. The third kappa shape index (κ3) is 1.87. The lowest BCUT2D eigenvalue weighted by molar-refractivity contribution is -0.385. The van der Waals surface area contributed by atoms with E-state index in [2.05, 4.69) is 0 Å². The number of nitro benzene ring substituents is 1. The number of non-ortho nitro benzene ring substituents is 1. The van der Waals surface area contributed by atoms with E-state index < -0.39 is 4.92 Å². The van der Waals surface area contributed by atoms with Gasteiger partial charge in [0.2, 0.25) is 5.91 Å². The van der Waals surface area contributed by atoms with E-state index in [1.54, 1.807) is 6.07 Å². The quantitative estimate of drug-likeness (QED) is 0.531. The first-order valence-electron chi connectivity index (χ1n) is 4.75. The number of hydrogen-bond acceptors (Lipinski definition) is 4. The fraction of sp³-hybridized carbons (Fsp3) is 0.300. The van der Waals surface area contributed by atoms with Crippen molar-refractivity contribution in [2.45, 2.75) is 20.1 Å². The van der Waals surface area contributed by atoms with Gasteiger partial charge in [-0.15, -0.1) is 0 Å². The van der Waals surface area contributed by atoms with Gasteiger partial charge in [0.15, 0.2) is 0 Å². The van der Waals surface area contributed by atoms with Gasteiger partial charge in [-0.3, -0.25) is 19.7 Å². The second-order valence-corrected chi connectivity index (χ2v) is 3.54. The summed E-state index contributed by atoms with van der Waals surface area (Å²) >= 11 is 0. The lowest BCUT2D eigenvalue weighted by atomic mass is 10.1. The zero-order valence-electron chi connectivity index (χ0n) is 8.67. The summed E-state index contributed by atoms with van der Waals surface area (Å²) in [4.78, 5) is 26.4. The van der Waals surface area contributed by atoms with Crippen LogP contribution in [0, 0.1) is 10.1 Å². The Labute approximate surface area is 91.5 Å². The van der Waals surface area contributed by atoms with Gasteiger partial charge in [0.05, 0.1) is 11.5 Å². The smallest absolute Gasteiger partial charge is 0.269 e. The minimum absolute atomic E-state index is 0.0316. The number of rotatable bonds is 1. The van der Waals surface area contributed by atoms with Crippen LogP contribution in [0.1, 0.15) is 18.1 Å². The summed E-state index contributed by atoms with van der Waals surface area (Å²) in [6.45, 7) is 1.92. The van der Waals surface area contributed by atoms with Crippen molar-refractivity contribution < 1.29 is 14.6 Å². The van der Waals surface area contributed by atoms with Gasteiger partial charge in [-0.25, -0.2) is 5.06 Å². The molecule has 0 saturated heterocycles. The molecule has 0 saturated carbocycles. The van der Waals surface area contributed by atoms with E-state index in [0.29, 0.717) is 0 Å². The first kappa shape index (κ1) is 10.6. The molecule has 6 nitrogen and oxygen atoms in total. The van der Waals surface area contributed by atoms with Crippen LogP contribution in [0.5, 0.6) is 0 Å². The van der Waals surface area contributed by atoms with E-state index in [1.165, 1.54) is 24.1 Å². The average molecular weight is 222 g/mol. The number of nitrogens with zero attached hydrogens (tertiary/aromatic N) is 2. The highest BCUT2D eigenvalue weighted by Gasteiger charge is 2.21. The predicted octanol–water partition coefficient (Wildman–Crippen LogP) is 1.39. The summed E-state index contributed by atoms with van der Waals surface area (Å²) in [7, 11) is 0. The molecule has 16 heavy (non-hydrogen) atoms. The number of benzene rings is 1. The van der Waals surface area contributed by atoms with E-state index >= 15 is 0 Å². The number of carbonyl (C=O) groups excluding carboxylic acids is 1. The number of nitro groups is 1. The summed E-state index contributed by atoms with van der Waals surface area (Å²) in [6.07, 6.45) is 0. The summed E-state index contributed by atoms with van der Waals surface area (Å²) in [5.41, 5.74) is 1.67. The molecule has 0 aromatic heterocycles. The van der Waals surface area contributed by atoms with E-state index in [-0.39, 0.29) is 24.7 Å². The van der Waals surface area contributed by atoms with Crippen molar-refractivity contribution in [3.63, 3.8) is 0 Å². The van der Waals surface area contributed by atoms with Crippen LogP contribution in [0.3, 0.4) is 0 Å². The van der Waals surface area contributed by atoms with Crippen LogP contribution in [0.15, 0.2) is 18.2 Å². The van der Waals surface area contributed by atoms with Crippen LogP contribution in [-0.2, 0) is 22.8 Å². The van der Waals surface area contributed by atoms with Crippen LogP contribution in [0.25, 0.3) is 0 Å². The molecular weight excluding hydrogens is 212 g/mol. The molecule has 0 spiro atoms. The van der Waals surface area contributed by atoms with Crippen molar-refractivity contribution in [3.8, 4) is 0 Å². The monoisotopic (exact) mass is 222 g/mol. The summed E-state index contributed by atoms with van der Waals surface area (Å²) in [5.74, 6) is -0.211. The molecule has 84 valence electrons. The normalized spacial score (nSPS) is 14.4. The number of hydroxylamine groups is 2. The lowest BCUT2D eigenvalue weighted by Gasteiger charge is -2.26. The highest BCUT2D eigenvalue weighted by Crippen LogP contribution is 2.24. The molecule has 0 bridgehead atoms. The van der Waals surface area contributed by atoms with Crippen LogP contribution < -0.4 is 0 Å². The molecule has 1 amide bonds. The van der Waals surface area contributed by atoms with Gasteiger partial charge in [-0.2, -0.15) is 0 Å². The Balaban J connectivity index is 2.32. The molecule has 1 aliphatic heterocycles. The molecule has 0 N–H and O–H groups in total. The van der Waals surface area contributed by atoms with Gasteiger partial charge in [0.1, 0.15) is 6.61 Å². The van der Waals surface area contributed by atoms with Crippen molar-refractivity contribution in [2.75, 3.05) is 0 Å². The van der Waals surface area contributed by atoms with Gasteiger partial charge < -0.3 is 0 Å². The maximum Gasteiger partial charge on any atom is 0.269 e. The van der Waals surface area contributed by atoms with Crippen molar-refractivity contribution in [2.24, 2.45) is 0 Å². The molecule has 1 heterocycles. The van der Waals surface area contributed by atoms with Gasteiger partial charge in [-0.1, -0.05) is 0 Å². The van der Waals surface area contributed by atoms with Gasteiger partial charge in [0.25, 0.3) is 5.69 Å². The second-order valence-electron chi connectivity index (χ2n) is 3.54. The molecule has 1 aromatic rings. The highest BCUT2D eigenvalue weighted by molar-refractivity contribution is 5.72.